The van der Waals surface area contributed by atoms with E-state index in [4.69, 9.17) is 0 Å². The first-order chi connectivity index (χ1) is 13.4. The van der Waals surface area contributed by atoms with E-state index in [1.54, 1.807) is 6.33 Å². The summed E-state index contributed by atoms with van der Waals surface area (Å²) in [5.41, 5.74) is 2.03. The molecule has 0 N–H and O–H groups in total. The molecule has 7 heteroatoms. The van der Waals surface area contributed by atoms with E-state index in [-0.39, 0.29) is 0 Å². The summed E-state index contributed by atoms with van der Waals surface area (Å²) in [5.74, 6) is 1.71. The Morgan fingerprint density at radius 3 is 2.59 bits per heavy atom. The standard InChI is InChI=1S/C20H20N6S/c1-2-5-16(6-3-1)18-13-19(26-20(23-18)21-15-22-26)25-10-8-24(9-11-25)14-17-7-4-12-27-17/h1-7,12-13,15H,8-11,14H2. The molecule has 27 heavy (non-hydrogen) atoms. The van der Waals surface area contributed by atoms with Crippen LogP contribution in [0.4, 0.5) is 5.82 Å². The zero-order valence-corrected chi connectivity index (χ0v) is 15.7. The third kappa shape index (κ3) is 3.31. The fourth-order valence-electron chi connectivity index (χ4n) is 3.54. The van der Waals surface area contributed by atoms with Crippen LogP contribution in [-0.2, 0) is 6.54 Å². The summed E-state index contributed by atoms with van der Waals surface area (Å²) in [6.45, 7) is 5.06. The van der Waals surface area contributed by atoms with Gasteiger partial charge in [-0.25, -0.2) is 4.98 Å². The summed E-state index contributed by atoms with van der Waals surface area (Å²) < 4.78 is 1.85. The first kappa shape index (κ1) is 16.4. The maximum atomic E-state index is 4.68. The van der Waals surface area contributed by atoms with Crippen LogP contribution in [0.2, 0.25) is 0 Å². The number of fused-ring (bicyclic) bond motifs is 1. The summed E-state index contributed by atoms with van der Waals surface area (Å²) in [6.07, 6.45) is 1.58. The molecule has 0 aliphatic carbocycles. The van der Waals surface area contributed by atoms with E-state index >= 15 is 0 Å². The van der Waals surface area contributed by atoms with Gasteiger partial charge in [-0.1, -0.05) is 36.4 Å². The number of hydrogen-bond acceptors (Lipinski definition) is 6. The Kier molecular flexibility index (Phi) is 4.31. The van der Waals surface area contributed by atoms with E-state index < -0.39 is 0 Å². The Bertz CT molecular complexity index is 1020. The maximum Gasteiger partial charge on any atom is 0.254 e. The molecule has 0 unspecified atom stereocenters. The number of rotatable bonds is 4. The van der Waals surface area contributed by atoms with Crippen molar-refractivity contribution in [2.24, 2.45) is 0 Å². The van der Waals surface area contributed by atoms with E-state index in [1.165, 1.54) is 4.88 Å². The Balaban J connectivity index is 1.41. The molecule has 0 atom stereocenters. The van der Waals surface area contributed by atoms with Crippen LogP contribution in [-0.4, -0.2) is 50.7 Å². The lowest BCUT2D eigenvalue weighted by atomic mass is 10.1. The molecular weight excluding hydrogens is 356 g/mol. The predicted molar refractivity (Wildman–Crippen MR) is 108 cm³/mol. The smallest absolute Gasteiger partial charge is 0.254 e. The molecular formula is C20H20N6S. The summed E-state index contributed by atoms with van der Waals surface area (Å²) in [6, 6.07) is 16.7. The van der Waals surface area contributed by atoms with Crippen LogP contribution in [0.3, 0.4) is 0 Å². The van der Waals surface area contributed by atoms with Gasteiger partial charge in [0.25, 0.3) is 5.78 Å². The van der Waals surface area contributed by atoms with Gasteiger partial charge in [0.1, 0.15) is 12.1 Å². The summed E-state index contributed by atoms with van der Waals surface area (Å²) in [5, 5.41) is 6.55. The second-order valence-electron chi connectivity index (χ2n) is 6.68. The Hall–Kier alpha value is -2.77. The van der Waals surface area contributed by atoms with Crippen molar-refractivity contribution in [3.8, 4) is 11.3 Å². The molecule has 1 saturated heterocycles. The van der Waals surface area contributed by atoms with Crippen LogP contribution in [0.5, 0.6) is 0 Å². The van der Waals surface area contributed by atoms with E-state index in [2.05, 4.69) is 60.6 Å². The molecule has 3 aromatic heterocycles. The SMILES string of the molecule is c1ccc(-c2cc(N3CCN(Cc4cccs4)CC3)n3ncnc3n2)cc1. The highest BCUT2D eigenvalue weighted by molar-refractivity contribution is 7.09. The molecule has 4 aromatic rings. The predicted octanol–water partition coefficient (Wildman–Crippen LogP) is 3.18. The van der Waals surface area contributed by atoms with Crippen LogP contribution in [0, 0.1) is 0 Å². The minimum Gasteiger partial charge on any atom is -0.354 e. The summed E-state index contributed by atoms with van der Waals surface area (Å²) in [4.78, 5) is 15.3. The molecule has 0 spiro atoms. The molecule has 1 aliphatic heterocycles. The molecule has 1 aromatic carbocycles. The summed E-state index contributed by atoms with van der Waals surface area (Å²) in [7, 11) is 0. The fourth-order valence-corrected chi connectivity index (χ4v) is 4.28. The van der Waals surface area contributed by atoms with Gasteiger partial charge in [0.15, 0.2) is 0 Å². The van der Waals surface area contributed by atoms with Crippen LogP contribution >= 0.6 is 11.3 Å². The molecule has 1 aliphatic rings. The zero-order valence-electron chi connectivity index (χ0n) is 14.9. The van der Waals surface area contributed by atoms with Crippen LogP contribution < -0.4 is 4.90 Å². The van der Waals surface area contributed by atoms with Crippen LogP contribution in [0.1, 0.15) is 4.88 Å². The van der Waals surface area contributed by atoms with Gasteiger partial charge in [0.2, 0.25) is 0 Å². The largest absolute Gasteiger partial charge is 0.354 e. The van der Waals surface area contributed by atoms with Gasteiger partial charge >= 0.3 is 0 Å². The van der Waals surface area contributed by atoms with Gasteiger partial charge in [0.05, 0.1) is 5.69 Å². The molecule has 136 valence electrons. The normalized spacial score (nSPS) is 15.5. The van der Waals surface area contributed by atoms with Crippen molar-refractivity contribution in [1.29, 1.82) is 0 Å². The zero-order chi connectivity index (χ0) is 18.1. The van der Waals surface area contributed by atoms with E-state index in [9.17, 15) is 0 Å². The lowest BCUT2D eigenvalue weighted by Gasteiger charge is -2.35. The van der Waals surface area contributed by atoms with Crippen molar-refractivity contribution in [1.82, 2.24) is 24.5 Å². The van der Waals surface area contributed by atoms with Gasteiger partial charge in [-0.15, -0.1) is 11.3 Å². The molecule has 0 radical (unpaired) electrons. The molecule has 6 nitrogen and oxygen atoms in total. The number of benzene rings is 1. The number of hydrogen-bond donors (Lipinski definition) is 0. The second kappa shape index (κ2) is 7.09. The quantitative estimate of drug-likeness (QED) is 0.548. The van der Waals surface area contributed by atoms with Gasteiger partial charge in [-0.05, 0) is 11.4 Å². The highest BCUT2D eigenvalue weighted by Crippen LogP contribution is 2.25. The van der Waals surface area contributed by atoms with Crippen molar-refractivity contribution in [2.45, 2.75) is 6.54 Å². The van der Waals surface area contributed by atoms with E-state index in [0.717, 1.165) is 49.8 Å². The number of piperazine rings is 1. The molecule has 0 saturated carbocycles. The topological polar surface area (TPSA) is 49.6 Å². The highest BCUT2D eigenvalue weighted by Gasteiger charge is 2.21. The Morgan fingerprint density at radius 1 is 0.963 bits per heavy atom. The van der Waals surface area contributed by atoms with Crippen molar-refractivity contribution >= 4 is 22.9 Å². The van der Waals surface area contributed by atoms with Gasteiger partial charge < -0.3 is 4.90 Å². The third-order valence-corrected chi connectivity index (χ3v) is 5.82. The average Bonchev–Trinajstić information content (AvgIpc) is 3.40. The average molecular weight is 376 g/mol. The molecule has 0 bridgehead atoms. The minimum atomic E-state index is 0.646. The number of aromatic nitrogens is 4. The lowest BCUT2D eigenvalue weighted by molar-refractivity contribution is 0.251. The first-order valence-electron chi connectivity index (χ1n) is 9.13. The van der Waals surface area contributed by atoms with E-state index in [0.29, 0.717) is 5.78 Å². The monoisotopic (exact) mass is 376 g/mol. The minimum absolute atomic E-state index is 0.646. The van der Waals surface area contributed by atoms with Crippen LogP contribution in [0.15, 0.2) is 60.2 Å². The highest BCUT2D eigenvalue weighted by atomic mass is 32.1. The number of anilines is 1. The Labute approximate surface area is 161 Å². The molecule has 4 heterocycles. The number of nitrogens with zero attached hydrogens (tertiary/aromatic N) is 6. The molecule has 5 rings (SSSR count). The maximum absolute atomic E-state index is 4.68. The van der Waals surface area contributed by atoms with Crippen molar-refractivity contribution < 1.29 is 0 Å². The van der Waals surface area contributed by atoms with Crippen molar-refractivity contribution in [3.63, 3.8) is 0 Å². The first-order valence-corrected chi connectivity index (χ1v) is 10.0. The lowest BCUT2D eigenvalue weighted by Crippen LogP contribution is -2.46. The third-order valence-electron chi connectivity index (χ3n) is 4.96. The van der Waals surface area contributed by atoms with Gasteiger partial charge in [-0.2, -0.15) is 14.6 Å². The van der Waals surface area contributed by atoms with Crippen molar-refractivity contribution in [2.75, 3.05) is 31.1 Å². The van der Waals surface area contributed by atoms with Gasteiger partial charge in [0, 0.05) is 49.2 Å². The van der Waals surface area contributed by atoms with E-state index in [1.807, 2.05) is 34.1 Å². The Morgan fingerprint density at radius 2 is 1.81 bits per heavy atom. The van der Waals surface area contributed by atoms with Crippen LogP contribution in [0.25, 0.3) is 17.0 Å². The fraction of sp³-hybridized carbons (Fsp3) is 0.250. The second-order valence-corrected chi connectivity index (χ2v) is 7.71. The van der Waals surface area contributed by atoms with Gasteiger partial charge in [-0.3, -0.25) is 4.90 Å². The number of thiophene rings is 1. The molecule has 0 amide bonds. The summed E-state index contributed by atoms with van der Waals surface area (Å²) >= 11 is 1.83. The molecule has 1 fully saturated rings. The van der Waals surface area contributed by atoms with Crippen molar-refractivity contribution in [3.05, 3.63) is 65.1 Å².